The van der Waals surface area contributed by atoms with Gasteiger partial charge in [-0.3, -0.25) is 0 Å². The van der Waals surface area contributed by atoms with Crippen molar-refractivity contribution >= 4 is 96.1 Å². The predicted molar refractivity (Wildman–Crippen MR) is 189 cm³/mol. The molecule has 251 valence electrons. The lowest BCUT2D eigenvalue weighted by molar-refractivity contribution is 0.0686. The Kier molecular flexibility index (Phi) is 6.09. The molecule has 4 aromatic carbocycles. The highest BCUT2D eigenvalue weighted by atomic mass is 27.1. The minimum absolute atomic E-state index is 0.00175. The van der Waals surface area contributed by atoms with Crippen LogP contribution in [0.15, 0.2) is 103 Å². The van der Waals surface area contributed by atoms with Crippen molar-refractivity contribution in [2.45, 2.75) is 0 Å². The van der Waals surface area contributed by atoms with Gasteiger partial charge >= 0.3 is 39.5 Å². The van der Waals surface area contributed by atoms with E-state index in [2.05, 4.69) is 0 Å². The van der Waals surface area contributed by atoms with Gasteiger partial charge in [0.1, 0.15) is 22.6 Å². The van der Waals surface area contributed by atoms with E-state index in [9.17, 15) is 39.6 Å². The molecule has 4 aliphatic rings. The Balaban J connectivity index is 1.43. The molecule has 0 atom stereocenters. The molecule has 0 unspecified atom stereocenters. The van der Waals surface area contributed by atoms with Crippen LogP contribution >= 0.6 is 0 Å². The van der Waals surface area contributed by atoms with Crippen LogP contribution in [0, 0.1) is 0 Å². The Labute approximate surface area is 300 Å². The van der Waals surface area contributed by atoms with Crippen LogP contribution in [-0.4, -0.2) is 90.4 Å². The number of amidine groups is 4. The molecule has 0 aliphatic carbocycles. The van der Waals surface area contributed by atoms with E-state index >= 15 is 0 Å². The van der Waals surface area contributed by atoms with Gasteiger partial charge in [-0.1, -0.05) is 0 Å². The fourth-order valence-electron chi connectivity index (χ4n) is 6.92. The highest BCUT2D eigenvalue weighted by Crippen LogP contribution is 2.40. The van der Waals surface area contributed by atoms with E-state index in [0.717, 1.165) is 0 Å². The van der Waals surface area contributed by atoms with Crippen molar-refractivity contribution in [3.05, 3.63) is 128 Å². The number of benzene rings is 4. The normalized spacial score (nSPS) is 14.4. The van der Waals surface area contributed by atoms with Crippen LogP contribution in [0.25, 0.3) is 21.5 Å². The summed E-state index contributed by atoms with van der Waals surface area (Å²) >= 11 is -1.19. The molecule has 6 aromatic rings. The van der Waals surface area contributed by atoms with Crippen molar-refractivity contribution in [3.8, 4) is 0 Å². The predicted octanol–water partition coefficient (Wildman–Crippen LogP) is 3.26. The second-order valence-electron chi connectivity index (χ2n) is 12.4. The molecule has 6 bridgehead atoms. The average Bonchev–Trinajstić information content (AvgIpc) is 3.84. The molecular formula is C36H16AlN8O8. The number of hydrogen-bond donors (Lipinski definition) is 4. The molecule has 0 spiro atoms. The van der Waals surface area contributed by atoms with E-state index in [1.807, 2.05) is 0 Å². The molecule has 1 radical (unpaired) electrons. The van der Waals surface area contributed by atoms with Crippen molar-refractivity contribution in [1.82, 2.24) is 7.10 Å². The summed E-state index contributed by atoms with van der Waals surface area (Å²) in [4.78, 5) is 78.1. The fraction of sp³-hybridized carbons (Fsp3) is 0. The minimum atomic E-state index is -1.19. The van der Waals surface area contributed by atoms with Gasteiger partial charge in [0.15, 0.2) is 23.3 Å². The number of nitrogens with zero attached hydrogens (tertiary/aromatic N) is 8. The van der Waals surface area contributed by atoms with Gasteiger partial charge in [0.05, 0.1) is 22.3 Å². The Hall–Kier alpha value is -7.35. The number of carbonyl (C=O) groups is 4. The maximum atomic E-state index is 12.2. The summed E-state index contributed by atoms with van der Waals surface area (Å²) in [7, 11) is 0. The number of fused-ring (bicyclic) bond motifs is 14. The highest BCUT2D eigenvalue weighted by molar-refractivity contribution is 6.37. The first-order chi connectivity index (χ1) is 25.5. The third kappa shape index (κ3) is 4.35. The molecule has 10 rings (SSSR count). The first-order valence-electron chi connectivity index (χ1n) is 15.8. The smallest absolute Gasteiger partial charge is 0.478 e. The number of carboxylic acids is 4. The summed E-state index contributed by atoms with van der Waals surface area (Å²) in [6.07, 6.45) is 0. The average molecular weight is 716 g/mol. The molecule has 6 heterocycles. The van der Waals surface area contributed by atoms with Crippen LogP contribution in [0.5, 0.6) is 0 Å². The quantitative estimate of drug-likeness (QED) is 0.197. The molecule has 4 aliphatic heterocycles. The molecule has 17 heteroatoms. The Bertz CT molecular complexity index is 3110. The van der Waals surface area contributed by atoms with Crippen LogP contribution in [0.2, 0.25) is 0 Å². The summed E-state index contributed by atoms with van der Waals surface area (Å²) in [5, 5.41) is 41.5. The van der Waals surface area contributed by atoms with E-state index in [-0.39, 0.29) is 56.9 Å². The van der Waals surface area contributed by atoms with Crippen LogP contribution < -0.4 is 11.0 Å². The largest absolute Gasteiger partial charge is 0.568 e. The van der Waals surface area contributed by atoms with Crippen molar-refractivity contribution in [3.63, 3.8) is 0 Å². The van der Waals surface area contributed by atoms with Gasteiger partial charge in [0.2, 0.25) is 0 Å². The number of aromatic nitrogens is 2. The summed E-state index contributed by atoms with van der Waals surface area (Å²) in [5.74, 6) is -3.31. The lowest BCUT2D eigenvalue weighted by Crippen LogP contribution is -2.36. The number of rotatable bonds is 4. The number of hydrogen-bond acceptors (Lipinski definition) is 10. The first kappa shape index (κ1) is 30.5. The molecule has 16 nitrogen and oxygen atoms in total. The van der Waals surface area contributed by atoms with E-state index in [1.54, 1.807) is 31.4 Å². The Morgan fingerprint density at radius 2 is 0.830 bits per heavy atom. The maximum absolute atomic E-state index is 12.2. The zero-order valence-corrected chi connectivity index (χ0v) is 27.7. The van der Waals surface area contributed by atoms with E-state index < -0.39 is 39.5 Å². The molecule has 2 aromatic heterocycles. The standard InChI is InChI=1S/C36H18N8O8.Al/c45-33(46)13-1-5-17-21(9-13)29-37-25(17)41-30-22-10-14(34(47)48)2-6-18(22)27(38-30)43-32-24-12-16(36(51)52)4-8-20(24)28(40-32)44-31-23-11-15(35(49)50)3-7-19(23)26(39-31)42-29;/h1-12H,(H6,37,38,39,40,41,42,43,44,45,46,47,48,49,50,51,52);/q;+2/p-2. The van der Waals surface area contributed by atoms with Gasteiger partial charge < -0.3 is 27.5 Å². The first-order valence-corrected chi connectivity index (χ1v) is 16.8. The summed E-state index contributed by atoms with van der Waals surface area (Å²) < 4.78 is 3.60. The van der Waals surface area contributed by atoms with Crippen LogP contribution in [0.4, 0.5) is 11.6 Å². The molecule has 0 saturated heterocycles. The molecule has 4 N–H and O–H groups in total. The van der Waals surface area contributed by atoms with Crippen molar-refractivity contribution in [2.75, 3.05) is 0 Å². The molecular weight excluding hydrogens is 699 g/mol. The highest BCUT2D eigenvalue weighted by Gasteiger charge is 2.32. The van der Waals surface area contributed by atoms with Crippen LogP contribution in [0.3, 0.4) is 0 Å². The van der Waals surface area contributed by atoms with Crippen LogP contribution in [0.1, 0.15) is 63.7 Å². The van der Waals surface area contributed by atoms with Crippen LogP contribution in [-0.2, 0) is 0 Å². The van der Waals surface area contributed by atoms with Gasteiger partial charge in [-0.15, -0.1) is 0 Å². The fourth-order valence-corrected chi connectivity index (χ4v) is 8.38. The zero-order valence-electron chi connectivity index (χ0n) is 26.5. The van der Waals surface area contributed by atoms with Crippen molar-refractivity contribution in [2.24, 2.45) is 30.0 Å². The second kappa shape index (κ2) is 10.6. The topological polar surface area (TPSA) is 233 Å². The van der Waals surface area contributed by atoms with Crippen molar-refractivity contribution < 1.29 is 39.6 Å². The molecule has 0 fully saturated rings. The molecule has 53 heavy (non-hydrogen) atoms. The van der Waals surface area contributed by atoms with E-state index in [1.165, 1.54) is 48.5 Å². The van der Waals surface area contributed by atoms with Gasteiger partial charge in [0.25, 0.3) is 0 Å². The van der Waals surface area contributed by atoms with Gasteiger partial charge in [-0.2, -0.15) is 0 Å². The van der Waals surface area contributed by atoms with Crippen molar-refractivity contribution in [1.29, 1.82) is 0 Å². The Morgan fingerprint density at radius 1 is 0.415 bits per heavy atom. The Morgan fingerprint density at radius 3 is 1.40 bits per heavy atom. The zero-order chi connectivity index (χ0) is 36.4. The summed E-state index contributed by atoms with van der Waals surface area (Å²) in [6, 6.07) is 18.1. The lowest BCUT2D eigenvalue weighted by Gasteiger charge is -2.11. The van der Waals surface area contributed by atoms with Gasteiger partial charge in [-0.05, 0) is 72.8 Å². The van der Waals surface area contributed by atoms with Gasteiger partial charge in [0, 0.05) is 43.8 Å². The number of aliphatic imine (C=N–C) groups is 4. The lowest BCUT2D eigenvalue weighted by atomic mass is 10.0. The number of aromatic carboxylic acids is 4. The van der Waals surface area contributed by atoms with E-state index in [0.29, 0.717) is 55.1 Å². The monoisotopic (exact) mass is 715 g/mol. The maximum Gasteiger partial charge on any atom is 0.568 e. The SMILES string of the molecule is O=C(O)c1ccc2c(c1)C1=NC2=Nc2c3cc(C(=O)O)ccc3c3[n]2[Al][n]2c(c4ccc(C(=O)O)cc4c2=NC2=NC(=N3)c3cc(C(=O)O)ccc32)=N1. The molecule has 0 amide bonds. The third-order valence-electron chi connectivity index (χ3n) is 9.41. The second-order valence-corrected chi connectivity index (χ2v) is 13.6. The minimum Gasteiger partial charge on any atom is -0.478 e. The van der Waals surface area contributed by atoms with Gasteiger partial charge in [-0.25, -0.2) is 49.1 Å². The summed E-state index contributed by atoms with van der Waals surface area (Å²) in [5.41, 5.74) is 2.36. The third-order valence-corrected chi connectivity index (χ3v) is 10.8. The van der Waals surface area contributed by atoms with E-state index in [4.69, 9.17) is 30.0 Å². The summed E-state index contributed by atoms with van der Waals surface area (Å²) in [6.45, 7) is 0. The molecule has 0 saturated carbocycles. The number of carboxylic acid groups (broad SMARTS) is 4.